The van der Waals surface area contributed by atoms with E-state index in [-0.39, 0.29) is 12.2 Å². The topological polar surface area (TPSA) is 74.7 Å². The lowest BCUT2D eigenvalue weighted by molar-refractivity contribution is -0.141. The number of hydrogen-bond donors (Lipinski definition) is 1. The number of hydrogen-bond acceptors (Lipinski definition) is 3. The minimum atomic E-state index is -3.40. The minimum Gasteiger partial charge on any atom is -0.480 e. The number of carbonyl (C=O) groups is 1. The van der Waals surface area contributed by atoms with Gasteiger partial charge < -0.3 is 5.11 Å². The molecule has 78 valence electrons. The quantitative estimate of drug-likeness (QED) is 0.698. The predicted octanol–water partition coefficient (Wildman–Crippen LogP) is 0.131. The summed E-state index contributed by atoms with van der Waals surface area (Å²) >= 11 is 0. The first-order valence-electron chi connectivity index (χ1n) is 4.05. The summed E-state index contributed by atoms with van der Waals surface area (Å²) in [5, 5.41) is 8.70. The molecular weight excluding hydrogens is 194 g/mol. The van der Waals surface area contributed by atoms with Crippen LogP contribution in [0.4, 0.5) is 0 Å². The molecule has 0 saturated carbocycles. The summed E-state index contributed by atoms with van der Waals surface area (Å²) < 4.78 is 23.4. The van der Waals surface area contributed by atoms with Gasteiger partial charge in [0.25, 0.3) is 0 Å². The molecule has 5 nitrogen and oxygen atoms in total. The predicted molar refractivity (Wildman–Crippen MR) is 48.9 cm³/mol. The highest BCUT2D eigenvalue weighted by molar-refractivity contribution is 7.89. The van der Waals surface area contributed by atoms with Crippen LogP contribution in [0.1, 0.15) is 20.3 Å². The second-order valence-electron chi connectivity index (χ2n) is 2.68. The van der Waals surface area contributed by atoms with Gasteiger partial charge in [0.05, 0.1) is 5.75 Å². The van der Waals surface area contributed by atoms with Crippen LogP contribution in [0.5, 0.6) is 0 Å². The fraction of sp³-hybridized carbons (Fsp3) is 0.857. The van der Waals surface area contributed by atoms with Crippen molar-refractivity contribution in [1.29, 1.82) is 0 Å². The van der Waals surface area contributed by atoms with Crippen molar-refractivity contribution in [2.75, 3.05) is 12.8 Å². The first-order chi connectivity index (χ1) is 5.86. The van der Waals surface area contributed by atoms with Crippen LogP contribution in [0.25, 0.3) is 0 Å². The average molecular weight is 209 g/mol. The fourth-order valence-electron chi connectivity index (χ4n) is 0.985. The zero-order valence-electron chi connectivity index (χ0n) is 8.02. The van der Waals surface area contributed by atoms with Crippen molar-refractivity contribution in [2.45, 2.75) is 26.3 Å². The number of nitrogens with zero attached hydrogens (tertiary/aromatic N) is 1. The molecule has 0 aromatic rings. The van der Waals surface area contributed by atoms with Gasteiger partial charge >= 0.3 is 5.97 Å². The lowest BCUT2D eigenvalue weighted by atomic mass is 10.2. The highest BCUT2D eigenvalue weighted by Gasteiger charge is 2.28. The van der Waals surface area contributed by atoms with Gasteiger partial charge in [0.2, 0.25) is 10.0 Å². The van der Waals surface area contributed by atoms with Gasteiger partial charge in [0, 0.05) is 7.05 Å². The Morgan fingerprint density at radius 1 is 1.46 bits per heavy atom. The molecule has 0 saturated heterocycles. The summed E-state index contributed by atoms with van der Waals surface area (Å²) in [7, 11) is -2.11. The van der Waals surface area contributed by atoms with Crippen LogP contribution < -0.4 is 0 Å². The maximum absolute atomic E-state index is 11.3. The Bertz CT molecular complexity index is 272. The minimum absolute atomic E-state index is 0.0761. The van der Waals surface area contributed by atoms with Crippen LogP contribution in [0.15, 0.2) is 0 Å². The van der Waals surface area contributed by atoms with Crippen molar-refractivity contribution in [3.8, 4) is 0 Å². The van der Waals surface area contributed by atoms with Crippen molar-refractivity contribution >= 4 is 16.0 Å². The summed E-state index contributed by atoms with van der Waals surface area (Å²) in [6, 6.07) is -0.954. The van der Waals surface area contributed by atoms with Crippen molar-refractivity contribution in [1.82, 2.24) is 4.31 Å². The van der Waals surface area contributed by atoms with Crippen LogP contribution in [0.3, 0.4) is 0 Å². The molecule has 13 heavy (non-hydrogen) atoms. The molecule has 0 aromatic carbocycles. The Balaban J connectivity index is 4.75. The molecule has 0 aliphatic carbocycles. The summed E-state index contributed by atoms with van der Waals surface area (Å²) in [6.45, 7) is 3.13. The lowest BCUT2D eigenvalue weighted by Crippen LogP contribution is -2.42. The van der Waals surface area contributed by atoms with E-state index in [4.69, 9.17) is 5.11 Å². The standard InChI is InChI=1S/C7H15NO4S/c1-4-6(7(9)10)8(3)13(11,12)5-2/h6H,4-5H2,1-3H3,(H,9,10). The molecule has 0 radical (unpaired) electrons. The van der Waals surface area contributed by atoms with E-state index in [9.17, 15) is 13.2 Å². The lowest BCUT2D eigenvalue weighted by Gasteiger charge is -2.22. The number of carboxylic acid groups (broad SMARTS) is 1. The average Bonchev–Trinajstić information content (AvgIpc) is 2.05. The Labute approximate surface area is 78.4 Å². The largest absolute Gasteiger partial charge is 0.480 e. The van der Waals surface area contributed by atoms with E-state index in [0.717, 1.165) is 4.31 Å². The third-order valence-electron chi connectivity index (χ3n) is 1.91. The molecular formula is C7H15NO4S. The van der Waals surface area contributed by atoms with E-state index in [0.29, 0.717) is 0 Å². The van der Waals surface area contributed by atoms with E-state index in [2.05, 4.69) is 0 Å². The molecule has 0 bridgehead atoms. The fourth-order valence-corrected chi connectivity index (χ4v) is 2.02. The van der Waals surface area contributed by atoms with E-state index < -0.39 is 22.0 Å². The molecule has 0 aliphatic rings. The first kappa shape index (κ1) is 12.4. The first-order valence-corrected chi connectivity index (χ1v) is 5.66. The smallest absolute Gasteiger partial charge is 0.321 e. The van der Waals surface area contributed by atoms with E-state index in [1.54, 1.807) is 6.92 Å². The molecule has 1 unspecified atom stereocenters. The normalized spacial score (nSPS) is 14.5. The Morgan fingerprint density at radius 2 is 1.92 bits per heavy atom. The van der Waals surface area contributed by atoms with Gasteiger partial charge in [-0.25, -0.2) is 8.42 Å². The molecule has 0 fully saturated rings. The summed E-state index contributed by atoms with van der Waals surface area (Å²) in [4.78, 5) is 10.6. The van der Waals surface area contributed by atoms with Gasteiger partial charge in [-0.15, -0.1) is 0 Å². The summed E-state index contributed by atoms with van der Waals surface area (Å²) in [5.41, 5.74) is 0. The highest BCUT2D eigenvalue weighted by atomic mass is 32.2. The van der Waals surface area contributed by atoms with Crippen molar-refractivity contribution in [2.24, 2.45) is 0 Å². The number of rotatable bonds is 5. The van der Waals surface area contributed by atoms with Crippen molar-refractivity contribution < 1.29 is 18.3 Å². The number of carboxylic acids is 1. The van der Waals surface area contributed by atoms with Crippen molar-refractivity contribution in [3.63, 3.8) is 0 Å². The Kier molecular flexibility index (Phi) is 4.35. The van der Waals surface area contributed by atoms with Crippen LogP contribution >= 0.6 is 0 Å². The maximum atomic E-state index is 11.3. The molecule has 0 aromatic heterocycles. The van der Waals surface area contributed by atoms with E-state index >= 15 is 0 Å². The third-order valence-corrected chi connectivity index (χ3v) is 3.78. The van der Waals surface area contributed by atoms with Crippen LogP contribution in [-0.4, -0.2) is 42.6 Å². The van der Waals surface area contributed by atoms with Gasteiger partial charge in [-0.1, -0.05) is 6.92 Å². The SMILES string of the molecule is CCC(C(=O)O)N(C)S(=O)(=O)CC. The van der Waals surface area contributed by atoms with Gasteiger partial charge in [0.15, 0.2) is 0 Å². The molecule has 0 aliphatic heterocycles. The zero-order chi connectivity index (χ0) is 10.6. The molecule has 1 N–H and O–H groups in total. The Hall–Kier alpha value is -0.620. The van der Waals surface area contributed by atoms with Gasteiger partial charge in [-0.05, 0) is 13.3 Å². The maximum Gasteiger partial charge on any atom is 0.321 e. The van der Waals surface area contributed by atoms with Crippen LogP contribution in [-0.2, 0) is 14.8 Å². The number of sulfonamides is 1. The van der Waals surface area contributed by atoms with E-state index in [1.165, 1.54) is 14.0 Å². The second kappa shape index (κ2) is 4.57. The third kappa shape index (κ3) is 2.96. The molecule has 0 amide bonds. The second-order valence-corrected chi connectivity index (χ2v) is 5.00. The summed E-state index contributed by atoms with van der Waals surface area (Å²) in [5.74, 6) is -1.19. The molecule has 6 heteroatoms. The monoisotopic (exact) mass is 209 g/mol. The molecule has 1 atom stereocenters. The van der Waals surface area contributed by atoms with Gasteiger partial charge in [0.1, 0.15) is 6.04 Å². The molecule has 0 spiro atoms. The summed E-state index contributed by atoms with van der Waals surface area (Å²) in [6.07, 6.45) is 0.269. The van der Waals surface area contributed by atoms with Gasteiger partial charge in [-0.2, -0.15) is 4.31 Å². The molecule has 0 rings (SSSR count). The van der Waals surface area contributed by atoms with Crippen LogP contribution in [0, 0.1) is 0 Å². The van der Waals surface area contributed by atoms with Crippen molar-refractivity contribution in [3.05, 3.63) is 0 Å². The molecule has 0 heterocycles. The number of likely N-dealkylation sites (N-methyl/N-ethyl adjacent to an activating group) is 1. The van der Waals surface area contributed by atoms with Gasteiger partial charge in [-0.3, -0.25) is 4.79 Å². The highest BCUT2D eigenvalue weighted by Crippen LogP contribution is 2.08. The zero-order valence-corrected chi connectivity index (χ0v) is 8.84. The van der Waals surface area contributed by atoms with E-state index in [1.807, 2.05) is 0 Å². The number of aliphatic carboxylic acids is 1. The Morgan fingerprint density at radius 3 is 2.15 bits per heavy atom. The van der Waals surface area contributed by atoms with Crippen LogP contribution in [0.2, 0.25) is 0 Å².